The van der Waals surface area contributed by atoms with Gasteiger partial charge in [-0.2, -0.15) is 5.26 Å². The van der Waals surface area contributed by atoms with Crippen molar-refractivity contribution in [2.24, 2.45) is 0 Å². The molecule has 0 radical (unpaired) electrons. The number of aromatic nitrogens is 2. The standard InChI is InChI=1S/C17H27N3/c1-4-6-8-9-11-17(3,10-7-5-2)16-14-19-13-15(12-18)20-16/h13-14H,4-11H2,1-3H3. The fourth-order valence-electron chi connectivity index (χ4n) is 2.60. The maximum Gasteiger partial charge on any atom is 0.159 e. The van der Waals surface area contributed by atoms with Crippen molar-refractivity contribution in [2.75, 3.05) is 0 Å². The van der Waals surface area contributed by atoms with Crippen molar-refractivity contribution in [1.29, 1.82) is 5.26 Å². The van der Waals surface area contributed by atoms with Crippen molar-refractivity contribution in [3.8, 4) is 6.07 Å². The van der Waals surface area contributed by atoms with Gasteiger partial charge in [0.1, 0.15) is 6.07 Å². The molecule has 0 spiro atoms. The van der Waals surface area contributed by atoms with Gasteiger partial charge in [-0.1, -0.05) is 59.3 Å². The Bertz CT molecular complexity index is 436. The van der Waals surface area contributed by atoms with Gasteiger partial charge in [0.05, 0.1) is 11.9 Å². The molecule has 0 bridgehead atoms. The normalized spacial score (nSPS) is 13.7. The Kier molecular flexibility index (Phi) is 7.22. The van der Waals surface area contributed by atoms with Gasteiger partial charge in [0.15, 0.2) is 5.69 Å². The number of nitrogens with zero attached hydrogens (tertiary/aromatic N) is 3. The van der Waals surface area contributed by atoms with E-state index in [4.69, 9.17) is 5.26 Å². The zero-order chi connectivity index (χ0) is 14.8. The average Bonchev–Trinajstić information content (AvgIpc) is 2.49. The quantitative estimate of drug-likeness (QED) is 0.609. The van der Waals surface area contributed by atoms with Crippen LogP contribution in [0.15, 0.2) is 12.4 Å². The van der Waals surface area contributed by atoms with Crippen LogP contribution in [0.1, 0.15) is 83.5 Å². The summed E-state index contributed by atoms with van der Waals surface area (Å²) >= 11 is 0. The first-order valence-corrected chi connectivity index (χ1v) is 7.89. The van der Waals surface area contributed by atoms with Gasteiger partial charge < -0.3 is 0 Å². The van der Waals surface area contributed by atoms with Gasteiger partial charge in [-0.15, -0.1) is 0 Å². The van der Waals surface area contributed by atoms with E-state index in [0.29, 0.717) is 5.69 Å². The van der Waals surface area contributed by atoms with Gasteiger partial charge in [-0.05, 0) is 12.8 Å². The predicted molar refractivity (Wildman–Crippen MR) is 82.4 cm³/mol. The molecule has 0 aliphatic rings. The van der Waals surface area contributed by atoms with Gasteiger partial charge in [-0.25, -0.2) is 4.98 Å². The first-order chi connectivity index (χ1) is 9.66. The largest absolute Gasteiger partial charge is 0.260 e. The second kappa shape index (κ2) is 8.68. The summed E-state index contributed by atoms with van der Waals surface area (Å²) in [5, 5.41) is 9.00. The molecule has 0 aliphatic carbocycles. The van der Waals surface area contributed by atoms with Crippen LogP contribution in [0.3, 0.4) is 0 Å². The molecule has 0 fully saturated rings. The Balaban J connectivity index is 2.82. The van der Waals surface area contributed by atoms with E-state index < -0.39 is 0 Å². The third kappa shape index (κ3) is 4.92. The van der Waals surface area contributed by atoms with Crippen LogP contribution >= 0.6 is 0 Å². The van der Waals surface area contributed by atoms with Crippen molar-refractivity contribution in [1.82, 2.24) is 9.97 Å². The van der Waals surface area contributed by atoms with Crippen LogP contribution in [0, 0.1) is 11.3 Å². The summed E-state index contributed by atoms with van der Waals surface area (Å²) in [6, 6.07) is 2.10. The zero-order valence-corrected chi connectivity index (χ0v) is 13.2. The van der Waals surface area contributed by atoms with Crippen LogP contribution < -0.4 is 0 Å². The Labute approximate surface area is 123 Å². The van der Waals surface area contributed by atoms with Gasteiger partial charge >= 0.3 is 0 Å². The molecule has 0 aromatic carbocycles. The van der Waals surface area contributed by atoms with Crippen molar-refractivity contribution in [2.45, 2.75) is 77.6 Å². The van der Waals surface area contributed by atoms with E-state index in [2.05, 4.69) is 36.8 Å². The van der Waals surface area contributed by atoms with Gasteiger partial charge in [0, 0.05) is 11.6 Å². The first kappa shape index (κ1) is 16.6. The summed E-state index contributed by atoms with van der Waals surface area (Å²) < 4.78 is 0. The van der Waals surface area contributed by atoms with E-state index in [0.717, 1.165) is 18.5 Å². The van der Waals surface area contributed by atoms with Crippen LogP contribution in [0.25, 0.3) is 0 Å². The second-order valence-electron chi connectivity index (χ2n) is 5.88. The van der Waals surface area contributed by atoms with Crippen LogP contribution in [-0.2, 0) is 5.41 Å². The summed E-state index contributed by atoms with van der Waals surface area (Å²) in [4.78, 5) is 8.68. The van der Waals surface area contributed by atoms with Crippen LogP contribution in [0.4, 0.5) is 0 Å². The van der Waals surface area contributed by atoms with E-state index in [1.807, 2.05) is 6.20 Å². The molecule has 0 aliphatic heterocycles. The highest BCUT2D eigenvalue weighted by molar-refractivity contribution is 5.21. The minimum absolute atomic E-state index is 0.0591. The number of hydrogen-bond acceptors (Lipinski definition) is 3. The van der Waals surface area contributed by atoms with Crippen molar-refractivity contribution in [3.63, 3.8) is 0 Å². The number of unbranched alkanes of at least 4 members (excludes halogenated alkanes) is 4. The van der Waals surface area contributed by atoms with Crippen molar-refractivity contribution in [3.05, 3.63) is 23.8 Å². The third-order valence-corrected chi connectivity index (χ3v) is 4.03. The highest BCUT2D eigenvalue weighted by Crippen LogP contribution is 2.33. The summed E-state index contributed by atoms with van der Waals surface area (Å²) in [7, 11) is 0. The van der Waals surface area contributed by atoms with E-state index in [1.165, 1.54) is 38.5 Å². The van der Waals surface area contributed by atoms with Gasteiger partial charge in [0.2, 0.25) is 0 Å². The van der Waals surface area contributed by atoms with Crippen LogP contribution in [-0.4, -0.2) is 9.97 Å². The van der Waals surface area contributed by atoms with Crippen LogP contribution in [0.2, 0.25) is 0 Å². The molecule has 0 saturated heterocycles. The Morgan fingerprint density at radius 3 is 2.40 bits per heavy atom. The lowest BCUT2D eigenvalue weighted by atomic mass is 9.77. The second-order valence-corrected chi connectivity index (χ2v) is 5.88. The minimum atomic E-state index is 0.0591. The van der Waals surface area contributed by atoms with E-state index in [-0.39, 0.29) is 5.41 Å². The highest BCUT2D eigenvalue weighted by atomic mass is 14.8. The first-order valence-electron chi connectivity index (χ1n) is 7.89. The third-order valence-electron chi connectivity index (χ3n) is 4.03. The number of hydrogen-bond donors (Lipinski definition) is 0. The molecule has 0 saturated carbocycles. The predicted octanol–water partition coefficient (Wildman–Crippen LogP) is 4.77. The average molecular weight is 273 g/mol. The van der Waals surface area contributed by atoms with Gasteiger partial charge in [-0.3, -0.25) is 4.98 Å². The molecule has 3 nitrogen and oxygen atoms in total. The molecule has 3 heteroatoms. The van der Waals surface area contributed by atoms with Gasteiger partial charge in [0.25, 0.3) is 0 Å². The van der Waals surface area contributed by atoms with Crippen LogP contribution in [0.5, 0.6) is 0 Å². The molecular weight excluding hydrogens is 246 g/mol. The van der Waals surface area contributed by atoms with E-state index in [1.54, 1.807) is 6.20 Å². The summed E-state index contributed by atoms with van der Waals surface area (Å²) in [6.07, 6.45) is 13.1. The monoisotopic (exact) mass is 273 g/mol. The van der Waals surface area contributed by atoms with E-state index in [9.17, 15) is 0 Å². The zero-order valence-electron chi connectivity index (χ0n) is 13.2. The maximum absolute atomic E-state index is 9.00. The molecule has 1 aromatic rings. The number of nitriles is 1. The fourth-order valence-corrected chi connectivity index (χ4v) is 2.60. The summed E-state index contributed by atoms with van der Waals surface area (Å²) in [5.41, 5.74) is 1.48. The Morgan fingerprint density at radius 1 is 1.05 bits per heavy atom. The Morgan fingerprint density at radius 2 is 1.75 bits per heavy atom. The lowest BCUT2D eigenvalue weighted by Gasteiger charge is -2.29. The molecule has 1 unspecified atom stereocenters. The molecule has 0 N–H and O–H groups in total. The Hall–Kier alpha value is -1.43. The smallest absolute Gasteiger partial charge is 0.159 e. The molecule has 1 aromatic heterocycles. The summed E-state index contributed by atoms with van der Waals surface area (Å²) in [6.45, 7) is 6.73. The fraction of sp³-hybridized carbons (Fsp3) is 0.706. The SMILES string of the molecule is CCCCCCC(C)(CCCC)c1cncc(C#N)n1. The lowest BCUT2D eigenvalue weighted by molar-refractivity contribution is 0.358. The van der Waals surface area contributed by atoms with Crippen molar-refractivity contribution < 1.29 is 0 Å². The van der Waals surface area contributed by atoms with E-state index >= 15 is 0 Å². The molecule has 1 rings (SSSR count). The molecule has 110 valence electrons. The molecule has 20 heavy (non-hydrogen) atoms. The van der Waals surface area contributed by atoms with Crippen molar-refractivity contribution >= 4 is 0 Å². The topological polar surface area (TPSA) is 49.6 Å². The molecule has 1 atom stereocenters. The number of rotatable bonds is 9. The molecular formula is C17H27N3. The minimum Gasteiger partial charge on any atom is -0.260 e. The maximum atomic E-state index is 9.00. The molecule has 0 amide bonds. The molecule has 1 heterocycles. The lowest BCUT2D eigenvalue weighted by Crippen LogP contribution is -2.24. The summed E-state index contributed by atoms with van der Waals surface area (Å²) in [5.74, 6) is 0. The highest BCUT2D eigenvalue weighted by Gasteiger charge is 2.27.